The third-order valence-electron chi connectivity index (χ3n) is 4.04. The first kappa shape index (κ1) is 17.0. The summed E-state index contributed by atoms with van der Waals surface area (Å²) >= 11 is 0. The number of aryl methyl sites for hydroxylation is 2. The number of amides is 1. The van der Waals surface area contributed by atoms with Crippen LogP contribution in [-0.2, 0) is 18.3 Å². The van der Waals surface area contributed by atoms with E-state index in [9.17, 15) is 4.79 Å². The Labute approximate surface area is 147 Å². The predicted molar refractivity (Wildman–Crippen MR) is 100.0 cm³/mol. The summed E-state index contributed by atoms with van der Waals surface area (Å²) in [5.41, 5.74) is 3.70. The summed E-state index contributed by atoms with van der Waals surface area (Å²) in [7, 11) is 1.99. The number of imidazole rings is 1. The second kappa shape index (κ2) is 6.97. The lowest BCUT2D eigenvalue weighted by atomic mass is 10.1. The van der Waals surface area contributed by atoms with E-state index in [1.165, 1.54) is 0 Å². The summed E-state index contributed by atoms with van der Waals surface area (Å²) in [5, 5.41) is 2.92. The minimum Gasteiger partial charge on any atom is -0.491 e. The second-order valence-corrected chi connectivity index (χ2v) is 6.46. The Bertz CT molecular complexity index is 895. The number of aromatic nitrogens is 2. The van der Waals surface area contributed by atoms with Crippen molar-refractivity contribution >= 4 is 22.6 Å². The van der Waals surface area contributed by atoms with Gasteiger partial charge in [0.15, 0.2) is 0 Å². The average Bonchev–Trinajstić information content (AvgIpc) is 2.83. The van der Waals surface area contributed by atoms with Crippen molar-refractivity contribution in [2.24, 2.45) is 7.05 Å². The van der Waals surface area contributed by atoms with E-state index in [4.69, 9.17) is 4.74 Å². The minimum atomic E-state index is -0.0514. The van der Waals surface area contributed by atoms with Crippen LogP contribution in [-0.4, -0.2) is 21.6 Å². The summed E-state index contributed by atoms with van der Waals surface area (Å²) in [6.07, 6.45) is 0.445. The number of ether oxygens (including phenoxy) is 1. The van der Waals surface area contributed by atoms with Crippen LogP contribution in [0.25, 0.3) is 11.0 Å². The molecule has 1 heterocycles. The van der Waals surface area contributed by atoms with Crippen molar-refractivity contribution in [3.05, 3.63) is 53.9 Å². The van der Waals surface area contributed by atoms with Crippen molar-refractivity contribution in [1.82, 2.24) is 9.55 Å². The highest BCUT2D eigenvalue weighted by molar-refractivity contribution is 5.93. The summed E-state index contributed by atoms with van der Waals surface area (Å²) in [5.74, 6) is 1.70. The molecule has 3 aromatic rings. The van der Waals surface area contributed by atoms with Crippen LogP contribution in [0.2, 0.25) is 0 Å². The van der Waals surface area contributed by atoms with E-state index in [0.717, 1.165) is 33.9 Å². The van der Waals surface area contributed by atoms with E-state index in [1.807, 2.05) is 74.9 Å². The van der Waals surface area contributed by atoms with Crippen molar-refractivity contribution in [3.8, 4) is 5.75 Å². The molecule has 0 aliphatic carbocycles. The zero-order chi connectivity index (χ0) is 18.0. The van der Waals surface area contributed by atoms with Crippen LogP contribution < -0.4 is 10.1 Å². The summed E-state index contributed by atoms with van der Waals surface area (Å²) in [6, 6.07) is 13.4. The Morgan fingerprint density at radius 2 is 1.92 bits per heavy atom. The molecule has 25 heavy (non-hydrogen) atoms. The van der Waals surface area contributed by atoms with Gasteiger partial charge in [-0.2, -0.15) is 0 Å². The molecule has 1 amide bonds. The van der Waals surface area contributed by atoms with Crippen LogP contribution >= 0.6 is 0 Å². The second-order valence-electron chi connectivity index (χ2n) is 6.46. The molecule has 0 fully saturated rings. The molecule has 0 saturated carbocycles. The highest BCUT2D eigenvalue weighted by Crippen LogP contribution is 2.19. The normalized spacial score (nSPS) is 11.1. The van der Waals surface area contributed by atoms with E-state index in [2.05, 4.69) is 10.3 Å². The molecule has 1 aromatic heterocycles. The first-order chi connectivity index (χ1) is 11.9. The quantitative estimate of drug-likeness (QED) is 0.769. The molecule has 2 aromatic carbocycles. The van der Waals surface area contributed by atoms with Crippen molar-refractivity contribution in [2.75, 3.05) is 5.32 Å². The Balaban J connectivity index is 1.66. The minimum absolute atomic E-state index is 0.0514. The zero-order valence-corrected chi connectivity index (χ0v) is 15.0. The maximum Gasteiger partial charge on any atom is 0.228 e. The van der Waals surface area contributed by atoms with Crippen LogP contribution in [0.15, 0.2) is 42.5 Å². The molecule has 0 unspecified atom stereocenters. The van der Waals surface area contributed by atoms with Crippen LogP contribution in [0.3, 0.4) is 0 Å². The number of carbonyl (C=O) groups excluding carboxylic acids is 1. The van der Waals surface area contributed by atoms with Gasteiger partial charge < -0.3 is 14.6 Å². The first-order valence-corrected chi connectivity index (χ1v) is 8.41. The van der Waals surface area contributed by atoms with Gasteiger partial charge >= 0.3 is 0 Å². The third-order valence-corrected chi connectivity index (χ3v) is 4.04. The lowest BCUT2D eigenvalue weighted by Gasteiger charge is -2.10. The molecule has 3 rings (SSSR count). The molecule has 5 nitrogen and oxygen atoms in total. The molecular formula is C20H23N3O2. The molecule has 0 spiro atoms. The Hall–Kier alpha value is -2.82. The molecule has 1 N–H and O–H groups in total. The Morgan fingerprint density at radius 3 is 2.60 bits per heavy atom. The van der Waals surface area contributed by atoms with Crippen molar-refractivity contribution < 1.29 is 9.53 Å². The SMILES string of the molecule is Cc1nc2cc(CC(=O)Nc3ccc(OC(C)C)cc3)ccc2n1C. The summed E-state index contributed by atoms with van der Waals surface area (Å²) < 4.78 is 7.64. The first-order valence-electron chi connectivity index (χ1n) is 8.41. The molecule has 0 radical (unpaired) electrons. The van der Waals surface area contributed by atoms with Crippen LogP contribution in [0.4, 0.5) is 5.69 Å². The van der Waals surface area contributed by atoms with Gasteiger partial charge in [-0.3, -0.25) is 4.79 Å². The zero-order valence-electron chi connectivity index (χ0n) is 15.0. The maximum atomic E-state index is 12.3. The van der Waals surface area contributed by atoms with Gasteiger partial charge in [-0.05, 0) is 62.7 Å². The number of anilines is 1. The number of nitrogens with one attached hydrogen (secondary N) is 1. The van der Waals surface area contributed by atoms with Gasteiger partial charge in [0.25, 0.3) is 0 Å². The third kappa shape index (κ3) is 3.99. The van der Waals surface area contributed by atoms with E-state index in [-0.39, 0.29) is 12.0 Å². The van der Waals surface area contributed by atoms with Crippen LogP contribution in [0, 0.1) is 6.92 Å². The monoisotopic (exact) mass is 337 g/mol. The van der Waals surface area contributed by atoms with Crippen LogP contribution in [0.5, 0.6) is 5.75 Å². The topological polar surface area (TPSA) is 56.1 Å². The standard InChI is InChI=1S/C20H23N3O2/c1-13(2)25-17-8-6-16(7-9-17)22-20(24)12-15-5-10-19-18(11-15)21-14(3)23(19)4/h5-11,13H,12H2,1-4H3,(H,22,24). The number of hydrogen-bond acceptors (Lipinski definition) is 3. The lowest BCUT2D eigenvalue weighted by Crippen LogP contribution is -2.14. The fraction of sp³-hybridized carbons (Fsp3) is 0.300. The molecule has 0 atom stereocenters. The number of carbonyl (C=O) groups is 1. The highest BCUT2D eigenvalue weighted by Gasteiger charge is 2.08. The smallest absolute Gasteiger partial charge is 0.228 e. The van der Waals surface area contributed by atoms with Gasteiger partial charge in [0.1, 0.15) is 11.6 Å². The fourth-order valence-electron chi connectivity index (χ4n) is 2.76. The Morgan fingerprint density at radius 1 is 1.20 bits per heavy atom. The number of fused-ring (bicyclic) bond motifs is 1. The molecule has 5 heteroatoms. The lowest BCUT2D eigenvalue weighted by molar-refractivity contribution is -0.115. The Kier molecular flexibility index (Phi) is 4.74. The number of hydrogen-bond donors (Lipinski definition) is 1. The molecule has 130 valence electrons. The molecule has 0 aliphatic rings. The van der Waals surface area contributed by atoms with E-state index in [1.54, 1.807) is 0 Å². The van der Waals surface area contributed by atoms with Gasteiger partial charge in [0.05, 0.1) is 23.6 Å². The van der Waals surface area contributed by atoms with E-state index < -0.39 is 0 Å². The van der Waals surface area contributed by atoms with E-state index in [0.29, 0.717) is 6.42 Å². The number of rotatable bonds is 5. The van der Waals surface area contributed by atoms with Gasteiger partial charge in [0.2, 0.25) is 5.91 Å². The van der Waals surface area contributed by atoms with Gasteiger partial charge in [-0.15, -0.1) is 0 Å². The van der Waals surface area contributed by atoms with Gasteiger partial charge in [-0.25, -0.2) is 4.98 Å². The highest BCUT2D eigenvalue weighted by atomic mass is 16.5. The van der Waals surface area contributed by atoms with E-state index >= 15 is 0 Å². The average molecular weight is 337 g/mol. The van der Waals surface area contributed by atoms with Crippen LogP contribution in [0.1, 0.15) is 25.2 Å². The fourth-order valence-corrected chi connectivity index (χ4v) is 2.76. The maximum absolute atomic E-state index is 12.3. The molecule has 0 aliphatic heterocycles. The molecule has 0 saturated heterocycles. The van der Waals surface area contributed by atoms with Crippen molar-refractivity contribution in [1.29, 1.82) is 0 Å². The number of nitrogens with zero attached hydrogens (tertiary/aromatic N) is 2. The predicted octanol–water partition coefficient (Wildman–Crippen LogP) is 3.85. The van der Waals surface area contributed by atoms with Gasteiger partial charge in [0, 0.05) is 12.7 Å². The van der Waals surface area contributed by atoms with Crippen molar-refractivity contribution in [3.63, 3.8) is 0 Å². The van der Waals surface area contributed by atoms with Gasteiger partial charge in [-0.1, -0.05) is 6.07 Å². The summed E-state index contributed by atoms with van der Waals surface area (Å²) in [6.45, 7) is 5.93. The molecule has 0 bridgehead atoms. The van der Waals surface area contributed by atoms with Crippen molar-refractivity contribution in [2.45, 2.75) is 33.3 Å². The largest absolute Gasteiger partial charge is 0.491 e. The number of benzene rings is 2. The molecular weight excluding hydrogens is 314 g/mol. The summed E-state index contributed by atoms with van der Waals surface area (Å²) in [4.78, 5) is 16.8.